The molecule has 0 aliphatic carbocycles. The number of ether oxygens (including phenoxy) is 1. The highest BCUT2D eigenvalue weighted by Gasteiger charge is 2.28. The summed E-state index contributed by atoms with van der Waals surface area (Å²) in [4.78, 5) is 12.6. The van der Waals surface area contributed by atoms with Crippen LogP contribution in [0.2, 0.25) is 0 Å². The molecule has 0 fully saturated rings. The van der Waals surface area contributed by atoms with Crippen molar-refractivity contribution < 1.29 is 13.7 Å². The van der Waals surface area contributed by atoms with E-state index in [-0.39, 0.29) is 5.91 Å². The lowest BCUT2D eigenvalue weighted by molar-refractivity contribution is 0.102. The number of carbonyl (C=O) groups is 1. The van der Waals surface area contributed by atoms with Gasteiger partial charge in [0, 0.05) is 21.9 Å². The van der Waals surface area contributed by atoms with Crippen molar-refractivity contribution in [2.24, 2.45) is 0 Å². The molecule has 132 valence electrons. The lowest BCUT2D eigenvalue weighted by atomic mass is 10.2. The van der Waals surface area contributed by atoms with E-state index in [1.807, 2.05) is 42.5 Å². The Hall–Kier alpha value is -2.93. The first kappa shape index (κ1) is 16.5. The molecule has 1 amide bonds. The Kier molecular flexibility index (Phi) is 4.30. The smallest absolute Gasteiger partial charge is 0.256 e. The van der Waals surface area contributed by atoms with Crippen LogP contribution in [0.15, 0.2) is 54.6 Å². The van der Waals surface area contributed by atoms with Crippen LogP contribution in [0.1, 0.15) is 21.6 Å². The first-order valence-electron chi connectivity index (χ1n) is 8.12. The highest BCUT2D eigenvalue weighted by Crippen LogP contribution is 2.32. The second kappa shape index (κ2) is 6.76. The second-order valence-corrected chi connectivity index (χ2v) is 7.39. The number of rotatable bonds is 4. The normalized spacial score (nSPS) is 15.5. The van der Waals surface area contributed by atoms with Crippen molar-refractivity contribution in [3.63, 3.8) is 0 Å². The van der Waals surface area contributed by atoms with E-state index in [1.54, 1.807) is 23.9 Å². The Morgan fingerprint density at radius 1 is 1.12 bits per heavy atom. The lowest BCUT2D eigenvalue weighted by Crippen LogP contribution is -2.16. The van der Waals surface area contributed by atoms with Gasteiger partial charge in [0.25, 0.3) is 5.91 Å². The minimum absolute atomic E-state index is 0.222. The van der Waals surface area contributed by atoms with Crippen LogP contribution in [0.5, 0.6) is 5.75 Å². The summed E-state index contributed by atoms with van der Waals surface area (Å²) in [6.07, 6.45) is 0. The molecule has 2 aromatic carbocycles. The molecule has 1 N–H and O–H groups in total. The van der Waals surface area contributed by atoms with Gasteiger partial charge in [-0.15, -0.1) is 0 Å². The first-order valence-corrected chi connectivity index (χ1v) is 9.61. The van der Waals surface area contributed by atoms with Crippen molar-refractivity contribution in [3.05, 3.63) is 71.4 Å². The Morgan fingerprint density at radius 3 is 2.54 bits per heavy atom. The second-order valence-electron chi connectivity index (χ2n) is 5.93. The van der Waals surface area contributed by atoms with E-state index >= 15 is 0 Å². The Morgan fingerprint density at radius 2 is 1.85 bits per heavy atom. The summed E-state index contributed by atoms with van der Waals surface area (Å²) in [7, 11) is 0.635. The maximum absolute atomic E-state index is 12.6. The molecule has 1 aliphatic heterocycles. The Balaban J connectivity index is 1.74. The molecule has 2 heterocycles. The van der Waals surface area contributed by atoms with Gasteiger partial charge in [0.05, 0.1) is 30.0 Å². The average molecular weight is 367 g/mol. The number of fused-ring (bicyclic) bond motifs is 1. The molecular weight excluding hydrogens is 350 g/mol. The van der Waals surface area contributed by atoms with E-state index in [0.717, 1.165) is 22.7 Å². The van der Waals surface area contributed by atoms with Crippen LogP contribution >= 0.6 is 0 Å². The number of benzene rings is 2. The molecule has 0 unspecified atom stereocenters. The summed E-state index contributed by atoms with van der Waals surface area (Å²) >= 11 is 0. The van der Waals surface area contributed by atoms with Crippen LogP contribution < -0.4 is 10.1 Å². The molecule has 1 aliphatic rings. The fourth-order valence-corrected chi connectivity index (χ4v) is 4.20. The van der Waals surface area contributed by atoms with E-state index in [0.29, 0.717) is 22.9 Å². The van der Waals surface area contributed by atoms with Gasteiger partial charge >= 0.3 is 0 Å². The van der Waals surface area contributed by atoms with E-state index in [4.69, 9.17) is 4.74 Å². The minimum Gasteiger partial charge on any atom is -0.497 e. The maximum atomic E-state index is 12.6. The van der Waals surface area contributed by atoms with Crippen molar-refractivity contribution in [2.75, 3.05) is 12.4 Å². The zero-order chi connectivity index (χ0) is 18.1. The summed E-state index contributed by atoms with van der Waals surface area (Å²) in [6, 6.07) is 16.4. The van der Waals surface area contributed by atoms with Gasteiger partial charge in [0.2, 0.25) is 0 Å². The summed E-state index contributed by atoms with van der Waals surface area (Å²) in [5.74, 6) is 1.90. The zero-order valence-electron chi connectivity index (χ0n) is 14.1. The van der Waals surface area contributed by atoms with Crippen LogP contribution in [0.3, 0.4) is 0 Å². The number of anilines is 1. The number of hydrogen-bond donors (Lipinski definition) is 1. The zero-order valence-corrected chi connectivity index (χ0v) is 15.0. The summed E-state index contributed by atoms with van der Waals surface area (Å²) in [5.41, 5.74) is 2.96. The maximum Gasteiger partial charge on any atom is 0.256 e. The van der Waals surface area contributed by atoms with Gasteiger partial charge in [0.15, 0.2) is 0 Å². The average Bonchev–Trinajstić information content (AvgIpc) is 3.19. The fraction of sp³-hybridized carbons (Fsp3) is 0.158. The molecular formula is C19H17N3O3S. The molecule has 0 bridgehead atoms. The number of nitrogens with one attached hydrogen (secondary N) is 1. The number of aromatic nitrogens is 2. The van der Waals surface area contributed by atoms with Gasteiger partial charge in [-0.1, -0.05) is 18.2 Å². The Bertz CT molecular complexity index is 981. The number of hydrogen-bond acceptors (Lipinski definition) is 4. The molecule has 1 atom stereocenters. The van der Waals surface area contributed by atoms with Gasteiger partial charge in [-0.2, -0.15) is 5.10 Å². The Labute approximate surface area is 153 Å². The highest BCUT2D eigenvalue weighted by molar-refractivity contribution is 7.83. The lowest BCUT2D eigenvalue weighted by Gasteiger charge is -2.11. The van der Waals surface area contributed by atoms with Gasteiger partial charge < -0.3 is 10.1 Å². The topological polar surface area (TPSA) is 73.2 Å². The number of methoxy groups -OCH3 is 1. The number of carbonyl (C=O) groups excluding carboxylic acids is 1. The van der Waals surface area contributed by atoms with E-state index in [1.165, 1.54) is 0 Å². The van der Waals surface area contributed by atoms with E-state index in [2.05, 4.69) is 10.4 Å². The van der Waals surface area contributed by atoms with Crippen molar-refractivity contribution in [1.82, 2.24) is 9.78 Å². The third kappa shape index (κ3) is 3.01. The molecule has 0 spiro atoms. The van der Waals surface area contributed by atoms with Crippen LogP contribution in [0.4, 0.5) is 5.82 Å². The molecule has 4 rings (SSSR count). The molecule has 7 heteroatoms. The van der Waals surface area contributed by atoms with Crippen LogP contribution in [-0.2, 0) is 22.3 Å². The van der Waals surface area contributed by atoms with E-state index < -0.39 is 10.8 Å². The monoisotopic (exact) mass is 367 g/mol. The molecule has 1 aromatic heterocycles. The van der Waals surface area contributed by atoms with Crippen molar-refractivity contribution in [2.45, 2.75) is 11.5 Å². The van der Waals surface area contributed by atoms with Crippen LogP contribution in [0.25, 0.3) is 5.69 Å². The fourth-order valence-electron chi connectivity index (χ4n) is 2.94. The van der Waals surface area contributed by atoms with Crippen molar-refractivity contribution in [3.8, 4) is 11.4 Å². The first-order chi connectivity index (χ1) is 12.7. The predicted molar refractivity (Wildman–Crippen MR) is 100 cm³/mol. The largest absolute Gasteiger partial charge is 0.497 e. The molecule has 0 radical (unpaired) electrons. The summed E-state index contributed by atoms with van der Waals surface area (Å²) in [6.45, 7) is 0. The van der Waals surface area contributed by atoms with Crippen LogP contribution in [0, 0.1) is 0 Å². The van der Waals surface area contributed by atoms with Gasteiger partial charge in [-0.05, 0) is 36.4 Å². The number of nitrogens with zero attached hydrogens (tertiary/aromatic N) is 2. The molecule has 6 nitrogen and oxygen atoms in total. The summed E-state index contributed by atoms with van der Waals surface area (Å²) in [5, 5.41) is 7.53. The minimum atomic E-state index is -0.975. The quantitative estimate of drug-likeness (QED) is 0.770. The molecule has 0 saturated heterocycles. The standard InChI is InChI=1S/C19H17N3O3S/c1-25-15-9-7-14(8-10-15)22-18(16-11-26(24)12-17(16)21-22)20-19(23)13-5-3-2-4-6-13/h2-10H,11-12H2,1H3,(H,20,23)/t26-/m0/s1. The highest BCUT2D eigenvalue weighted by atomic mass is 32.2. The van der Waals surface area contributed by atoms with E-state index in [9.17, 15) is 9.00 Å². The predicted octanol–water partition coefficient (Wildman–Crippen LogP) is 2.90. The third-order valence-corrected chi connectivity index (χ3v) is 5.46. The summed E-state index contributed by atoms with van der Waals surface area (Å²) < 4.78 is 18.8. The van der Waals surface area contributed by atoms with Gasteiger partial charge in [-0.3, -0.25) is 9.00 Å². The van der Waals surface area contributed by atoms with Crippen molar-refractivity contribution in [1.29, 1.82) is 0 Å². The van der Waals surface area contributed by atoms with Crippen LogP contribution in [-0.4, -0.2) is 27.0 Å². The van der Waals surface area contributed by atoms with Gasteiger partial charge in [0.1, 0.15) is 11.6 Å². The molecule has 26 heavy (non-hydrogen) atoms. The third-order valence-electron chi connectivity index (χ3n) is 4.25. The van der Waals surface area contributed by atoms with Gasteiger partial charge in [-0.25, -0.2) is 4.68 Å². The SMILES string of the molecule is COc1ccc(-n2nc3c(c2NC(=O)c2ccccc2)C[S@](=O)C3)cc1. The van der Waals surface area contributed by atoms with Crippen molar-refractivity contribution >= 4 is 22.5 Å². The molecule has 3 aromatic rings. The molecule has 0 saturated carbocycles. The number of amides is 1.